The van der Waals surface area contributed by atoms with Gasteiger partial charge in [0.15, 0.2) is 17.4 Å². The smallest absolute Gasteiger partial charge is 0.262 e. The van der Waals surface area contributed by atoms with Gasteiger partial charge in [-0.25, -0.2) is 27.5 Å². The van der Waals surface area contributed by atoms with Gasteiger partial charge >= 0.3 is 0 Å². The maximum Gasteiger partial charge on any atom is 0.262 e. The molecule has 0 radical (unpaired) electrons. The summed E-state index contributed by atoms with van der Waals surface area (Å²) in [5.41, 5.74) is 2.07. The Bertz CT molecular complexity index is 1420. The highest BCUT2D eigenvalue weighted by Crippen LogP contribution is 2.26. The van der Waals surface area contributed by atoms with Gasteiger partial charge in [-0.2, -0.15) is 5.10 Å². The van der Waals surface area contributed by atoms with E-state index in [2.05, 4.69) is 19.8 Å². The zero-order valence-electron chi connectivity index (χ0n) is 18.7. The molecule has 11 heteroatoms. The van der Waals surface area contributed by atoms with Crippen LogP contribution < -0.4 is 14.2 Å². The number of anilines is 1. The van der Waals surface area contributed by atoms with Gasteiger partial charge in [0.25, 0.3) is 10.0 Å². The van der Waals surface area contributed by atoms with Gasteiger partial charge in [-0.3, -0.25) is 4.72 Å². The molecule has 0 aliphatic heterocycles. The first-order valence-corrected chi connectivity index (χ1v) is 11.8. The number of rotatable bonds is 8. The molecule has 1 N–H and O–H groups in total. The molecule has 2 aromatic carbocycles. The van der Waals surface area contributed by atoms with Crippen molar-refractivity contribution in [3.8, 4) is 23.2 Å². The summed E-state index contributed by atoms with van der Waals surface area (Å²) >= 11 is 0. The molecule has 2 aromatic heterocycles. The molecule has 176 valence electrons. The largest absolute Gasteiger partial charge is 0.491 e. The van der Waals surface area contributed by atoms with E-state index >= 15 is 0 Å². The molecule has 0 amide bonds. The fraction of sp³-hybridized carbons (Fsp3) is 0.174. The molecule has 2 heterocycles. The zero-order chi connectivity index (χ0) is 24.3. The van der Waals surface area contributed by atoms with Crippen molar-refractivity contribution in [3.05, 3.63) is 78.1 Å². The molecule has 0 aliphatic rings. The molecule has 0 atom stereocenters. The van der Waals surface area contributed by atoms with Crippen LogP contribution in [-0.4, -0.2) is 34.8 Å². The Morgan fingerprint density at radius 1 is 1.03 bits per heavy atom. The van der Waals surface area contributed by atoms with Crippen LogP contribution in [0.25, 0.3) is 5.82 Å². The zero-order valence-corrected chi connectivity index (χ0v) is 19.5. The number of halogens is 1. The third kappa shape index (κ3) is 5.15. The van der Waals surface area contributed by atoms with Crippen molar-refractivity contribution >= 4 is 15.7 Å². The Labute approximate surface area is 196 Å². The highest BCUT2D eigenvalue weighted by Gasteiger charge is 2.17. The van der Waals surface area contributed by atoms with E-state index in [1.807, 2.05) is 19.9 Å². The monoisotopic (exact) mass is 483 g/mol. The molecule has 4 rings (SSSR count). The van der Waals surface area contributed by atoms with Gasteiger partial charge in [-0.15, -0.1) is 0 Å². The standard InChI is InChI=1S/C23H22FN5O4S/c1-4-32-21-10-9-19(12-20(21)24)34(30,31)28-17-5-7-18(8-6-17)33-23-13-22(25-14-26-23)29-16(3)11-15(2)27-29/h5-14,28H,4H2,1-3H3. The second-order valence-electron chi connectivity index (χ2n) is 7.31. The van der Waals surface area contributed by atoms with Crippen molar-refractivity contribution in [2.75, 3.05) is 11.3 Å². The summed E-state index contributed by atoms with van der Waals surface area (Å²) in [6.45, 7) is 5.80. The summed E-state index contributed by atoms with van der Waals surface area (Å²) in [6.07, 6.45) is 1.37. The van der Waals surface area contributed by atoms with E-state index < -0.39 is 15.8 Å². The van der Waals surface area contributed by atoms with Crippen LogP contribution in [0.3, 0.4) is 0 Å². The number of benzene rings is 2. The number of nitrogens with one attached hydrogen (secondary N) is 1. The molecule has 9 nitrogen and oxygen atoms in total. The Kier molecular flexibility index (Phi) is 6.46. The number of sulfonamides is 1. The molecule has 0 spiro atoms. The molecule has 34 heavy (non-hydrogen) atoms. The van der Waals surface area contributed by atoms with Gasteiger partial charge in [0, 0.05) is 17.4 Å². The Morgan fingerprint density at radius 3 is 2.44 bits per heavy atom. The van der Waals surface area contributed by atoms with Crippen molar-refractivity contribution in [2.24, 2.45) is 0 Å². The van der Waals surface area contributed by atoms with Gasteiger partial charge in [0.1, 0.15) is 12.1 Å². The SMILES string of the molecule is CCOc1ccc(S(=O)(=O)Nc2ccc(Oc3cc(-n4nc(C)cc4C)ncn3)cc2)cc1F. The molecule has 0 saturated carbocycles. The maximum atomic E-state index is 14.1. The van der Waals surface area contributed by atoms with Gasteiger partial charge in [-0.1, -0.05) is 0 Å². The first-order valence-electron chi connectivity index (χ1n) is 10.3. The van der Waals surface area contributed by atoms with E-state index in [1.165, 1.54) is 30.6 Å². The van der Waals surface area contributed by atoms with E-state index in [-0.39, 0.29) is 22.9 Å². The van der Waals surface area contributed by atoms with Crippen molar-refractivity contribution in [1.29, 1.82) is 0 Å². The third-order valence-corrected chi connectivity index (χ3v) is 6.08. The highest BCUT2D eigenvalue weighted by molar-refractivity contribution is 7.92. The van der Waals surface area contributed by atoms with Crippen LogP contribution >= 0.6 is 0 Å². The van der Waals surface area contributed by atoms with Crippen LogP contribution in [0.1, 0.15) is 18.3 Å². The topological polar surface area (TPSA) is 108 Å². The molecular formula is C23H22FN5O4S. The first kappa shape index (κ1) is 23.2. The number of hydrogen-bond donors (Lipinski definition) is 1. The minimum absolute atomic E-state index is 0.00585. The molecule has 0 saturated heterocycles. The van der Waals surface area contributed by atoms with E-state index in [4.69, 9.17) is 9.47 Å². The second-order valence-corrected chi connectivity index (χ2v) is 8.99. The fourth-order valence-electron chi connectivity index (χ4n) is 3.21. The average molecular weight is 484 g/mol. The number of nitrogens with zero attached hydrogens (tertiary/aromatic N) is 4. The van der Waals surface area contributed by atoms with Crippen LogP contribution in [-0.2, 0) is 10.0 Å². The number of ether oxygens (including phenoxy) is 2. The third-order valence-electron chi connectivity index (χ3n) is 4.70. The van der Waals surface area contributed by atoms with Gasteiger partial charge in [0.2, 0.25) is 5.88 Å². The number of aryl methyl sites for hydroxylation is 2. The molecule has 0 fully saturated rings. The number of aromatic nitrogens is 4. The summed E-state index contributed by atoms with van der Waals surface area (Å²) in [5, 5.41) is 4.39. The summed E-state index contributed by atoms with van der Waals surface area (Å²) in [5.74, 6) is 0.540. The van der Waals surface area contributed by atoms with Crippen molar-refractivity contribution in [1.82, 2.24) is 19.7 Å². The van der Waals surface area contributed by atoms with Crippen molar-refractivity contribution in [3.63, 3.8) is 0 Å². The molecule has 0 bridgehead atoms. The Morgan fingerprint density at radius 2 is 1.79 bits per heavy atom. The van der Waals surface area contributed by atoms with E-state index in [0.29, 0.717) is 17.4 Å². The predicted molar refractivity (Wildman–Crippen MR) is 124 cm³/mol. The average Bonchev–Trinajstić information content (AvgIpc) is 3.14. The van der Waals surface area contributed by atoms with Crippen molar-refractivity contribution in [2.45, 2.75) is 25.7 Å². The van der Waals surface area contributed by atoms with Gasteiger partial charge < -0.3 is 9.47 Å². The van der Waals surface area contributed by atoms with Crippen LogP contribution in [0.5, 0.6) is 17.4 Å². The first-order chi connectivity index (χ1) is 16.2. The molecule has 4 aromatic rings. The lowest BCUT2D eigenvalue weighted by molar-refractivity contribution is 0.321. The molecule has 0 unspecified atom stereocenters. The van der Waals surface area contributed by atoms with Gasteiger partial charge in [-0.05, 0) is 69.3 Å². The van der Waals surface area contributed by atoms with E-state index in [1.54, 1.807) is 29.8 Å². The highest BCUT2D eigenvalue weighted by atomic mass is 32.2. The molecule has 0 aliphatic carbocycles. The molecular weight excluding hydrogens is 461 g/mol. The quantitative estimate of drug-likeness (QED) is 0.395. The fourth-order valence-corrected chi connectivity index (χ4v) is 4.28. The summed E-state index contributed by atoms with van der Waals surface area (Å²) in [4.78, 5) is 8.13. The van der Waals surface area contributed by atoms with Gasteiger partial charge in [0.05, 0.1) is 17.2 Å². The Hall–Kier alpha value is -3.99. The minimum atomic E-state index is -3.99. The summed E-state index contributed by atoms with van der Waals surface area (Å²) < 4.78 is 54.3. The summed E-state index contributed by atoms with van der Waals surface area (Å²) in [7, 11) is -3.99. The maximum absolute atomic E-state index is 14.1. The Balaban J connectivity index is 1.47. The lowest BCUT2D eigenvalue weighted by Gasteiger charge is -2.11. The normalized spacial score (nSPS) is 11.3. The lowest BCUT2D eigenvalue weighted by atomic mass is 10.3. The lowest BCUT2D eigenvalue weighted by Crippen LogP contribution is -2.13. The number of hydrogen-bond acceptors (Lipinski definition) is 7. The van der Waals surface area contributed by atoms with Crippen molar-refractivity contribution < 1.29 is 22.3 Å². The summed E-state index contributed by atoms with van der Waals surface area (Å²) in [6, 6.07) is 13.3. The van der Waals surface area contributed by atoms with E-state index in [9.17, 15) is 12.8 Å². The van der Waals surface area contributed by atoms with Crippen LogP contribution in [0, 0.1) is 19.7 Å². The van der Waals surface area contributed by atoms with Crippen LogP contribution in [0.2, 0.25) is 0 Å². The minimum Gasteiger partial charge on any atom is -0.491 e. The second kappa shape index (κ2) is 9.48. The van der Waals surface area contributed by atoms with Crippen LogP contribution in [0.15, 0.2) is 65.8 Å². The predicted octanol–water partition coefficient (Wildman–Crippen LogP) is 4.41. The van der Waals surface area contributed by atoms with E-state index in [0.717, 1.165) is 17.5 Å². The van der Waals surface area contributed by atoms with Crippen LogP contribution in [0.4, 0.5) is 10.1 Å².